The van der Waals surface area contributed by atoms with Crippen LogP contribution >= 0.6 is 0 Å². The number of nitrogens with zero attached hydrogens (tertiary/aromatic N) is 2. The molecule has 20 heavy (non-hydrogen) atoms. The summed E-state index contributed by atoms with van der Waals surface area (Å²) >= 11 is 0. The lowest BCUT2D eigenvalue weighted by Crippen LogP contribution is -2.45. The lowest BCUT2D eigenvalue weighted by atomic mass is 10.0. The normalized spacial score (nSPS) is 19.8. The van der Waals surface area contributed by atoms with Crippen molar-refractivity contribution in [1.29, 1.82) is 0 Å². The quantitative estimate of drug-likeness (QED) is 0.814. The molecule has 1 aliphatic rings. The molecule has 1 amide bonds. The van der Waals surface area contributed by atoms with Crippen LogP contribution in [0.5, 0.6) is 0 Å². The second-order valence-electron chi connectivity index (χ2n) is 5.36. The molecule has 1 aromatic rings. The number of carbonyl (C=O) groups is 1. The average Bonchev–Trinajstić information content (AvgIpc) is 2.42. The number of piperidine rings is 1. The molecule has 6 nitrogen and oxygen atoms in total. The number of pyridine rings is 1. The molecule has 3 N–H and O–H groups in total. The number of nitrogens with one attached hydrogen (secondary N) is 1. The van der Waals surface area contributed by atoms with E-state index in [4.69, 9.17) is 5.73 Å². The third-order valence-electron chi connectivity index (χ3n) is 3.78. The van der Waals surface area contributed by atoms with Gasteiger partial charge in [-0.1, -0.05) is 6.42 Å². The van der Waals surface area contributed by atoms with Crippen molar-refractivity contribution >= 4 is 11.6 Å². The van der Waals surface area contributed by atoms with Gasteiger partial charge in [0.05, 0.1) is 0 Å². The van der Waals surface area contributed by atoms with Crippen molar-refractivity contribution in [3.63, 3.8) is 0 Å². The largest absolute Gasteiger partial charge is 0.398 e. The molecule has 1 atom stereocenters. The Balaban J connectivity index is 1.86. The fourth-order valence-electron chi connectivity index (χ4n) is 2.52. The molecule has 1 saturated heterocycles. The third-order valence-corrected chi connectivity index (χ3v) is 3.78. The van der Waals surface area contributed by atoms with E-state index in [0.29, 0.717) is 18.3 Å². The lowest BCUT2D eigenvalue weighted by Gasteiger charge is -2.32. The minimum atomic E-state index is -0.218. The topological polar surface area (TPSA) is 80.4 Å². The number of aromatic nitrogens is 1. The molecule has 0 aromatic carbocycles. The first-order chi connectivity index (χ1) is 9.56. The molecule has 0 radical (unpaired) electrons. The van der Waals surface area contributed by atoms with Crippen LogP contribution in [-0.4, -0.2) is 41.6 Å². The third kappa shape index (κ3) is 3.84. The van der Waals surface area contributed by atoms with Crippen LogP contribution in [0.25, 0.3) is 0 Å². The molecule has 1 fully saturated rings. The first kappa shape index (κ1) is 14.6. The summed E-state index contributed by atoms with van der Waals surface area (Å²) < 4.78 is 1.33. The Morgan fingerprint density at radius 2 is 2.25 bits per heavy atom. The maximum Gasteiger partial charge on any atom is 0.251 e. The highest BCUT2D eigenvalue weighted by Crippen LogP contribution is 2.13. The van der Waals surface area contributed by atoms with Gasteiger partial charge in [-0.15, -0.1) is 0 Å². The van der Waals surface area contributed by atoms with Crippen LogP contribution < -0.4 is 16.6 Å². The Morgan fingerprint density at radius 3 is 3.00 bits per heavy atom. The number of rotatable bonds is 4. The second-order valence-corrected chi connectivity index (χ2v) is 5.36. The van der Waals surface area contributed by atoms with Gasteiger partial charge in [-0.3, -0.25) is 9.59 Å². The summed E-state index contributed by atoms with van der Waals surface area (Å²) in [7, 11) is 2.08. The van der Waals surface area contributed by atoms with Gasteiger partial charge in [-0.05, 0) is 32.5 Å². The molecule has 0 bridgehead atoms. The Kier molecular flexibility index (Phi) is 4.79. The SMILES string of the molecule is CN1CCCCC1CNC(=O)Cn1cc(N)ccc1=O. The predicted molar refractivity (Wildman–Crippen MR) is 78.4 cm³/mol. The van der Waals surface area contributed by atoms with E-state index >= 15 is 0 Å². The molecule has 0 saturated carbocycles. The number of amides is 1. The maximum absolute atomic E-state index is 11.9. The van der Waals surface area contributed by atoms with Crippen LogP contribution in [-0.2, 0) is 11.3 Å². The van der Waals surface area contributed by atoms with Gasteiger partial charge in [0.15, 0.2) is 0 Å². The van der Waals surface area contributed by atoms with Gasteiger partial charge in [0, 0.05) is 30.5 Å². The van der Waals surface area contributed by atoms with Crippen molar-refractivity contribution in [1.82, 2.24) is 14.8 Å². The standard InChI is InChI=1S/C14H22N4O2/c1-17-7-3-2-4-12(17)8-16-13(19)10-18-9-11(15)5-6-14(18)20/h5-6,9,12H,2-4,7-8,10,15H2,1H3,(H,16,19). The van der Waals surface area contributed by atoms with E-state index < -0.39 is 0 Å². The lowest BCUT2D eigenvalue weighted by molar-refractivity contribution is -0.122. The molecule has 2 heterocycles. The Hall–Kier alpha value is -1.82. The molecule has 0 aliphatic carbocycles. The van der Waals surface area contributed by atoms with Gasteiger partial charge in [-0.25, -0.2) is 0 Å². The van der Waals surface area contributed by atoms with Crippen LogP contribution in [0, 0.1) is 0 Å². The summed E-state index contributed by atoms with van der Waals surface area (Å²) in [5, 5.41) is 2.90. The second kappa shape index (κ2) is 6.56. The molecule has 1 aromatic heterocycles. The number of hydrogen-bond acceptors (Lipinski definition) is 4. The fraction of sp³-hybridized carbons (Fsp3) is 0.571. The highest BCUT2D eigenvalue weighted by atomic mass is 16.2. The zero-order valence-corrected chi connectivity index (χ0v) is 11.8. The van der Waals surface area contributed by atoms with Gasteiger partial charge in [0.1, 0.15) is 6.54 Å². The Bertz CT molecular complexity index is 526. The summed E-state index contributed by atoms with van der Waals surface area (Å²) in [4.78, 5) is 25.8. The molecular weight excluding hydrogens is 256 g/mol. The minimum absolute atomic E-state index is 0.0142. The van der Waals surface area contributed by atoms with Crippen LogP contribution in [0.1, 0.15) is 19.3 Å². The maximum atomic E-state index is 11.9. The predicted octanol–water partition coefficient (Wildman–Crippen LogP) is 0.0310. The smallest absolute Gasteiger partial charge is 0.251 e. The van der Waals surface area contributed by atoms with E-state index in [-0.39, 0.29) is 18.0 Å². The molecule has 1 unspecified atom stereocenters. The van der Waals surface area contributed by atoms with E-state index in [1.54, 1.807) is 0 Å². The summed E-state index contributed by atoms with van der Waals surface area (Å²) in [5.41, 5.74) is 5.87. The van der Waals surface area contributed by atoms with Crippen LogP contribution in [0.15, 0.2) is 23.1 Å². The van der Waals surface area contributed by atoms with E-state index in [2.05, 4.69) is 17.3 Å². The molecule has 6 heteroatoms. The highest BCUT2D eigenvalue weighted by Gasteiger charge is 2.19. The summed E-state index contributed by atoms with van der Waals surface area (Å²) in [6.07, 6.45) is 5.03. The summed E-state index contributed by atoms with van der Waals surface area (Å²) in [6, 6.07) is 3.30. The Morgan fingerprint density at radius 1 is 1.45 bits per heavy atom. The van der Waals surface area contributed by atoms with Gasteiger partial charge in [0.2, 0.25) is 5.91 Å². The molecule has 2 rings (SSSR count). The van der Waals surface area contributed by atoms with Crippen molar-refractivity contribution < 1.29 is 4.79 Å². The number of nitrogens with two attached hydrogens (primary N) is 1. The minimum Gasteiger partial charge on any atom is -0.398 e. The van der Waals surface area contributed by atoms with Gasteiger partial charge in [0.25, 0.3) is 5.56 Å². The van der Waals surface area contributed by atoms with Crippen molar-refractivity contribution in [2.24, 2.45) is 0 Å². The molecule has 1 aliphatic heterocycles. The number of likely N-dealkylation sites (N-methyl/N-ethyl adjacent to an activating group) is 1. The molecular formula is C14H22N4O2. The first-order valence-electron chi connectivity index (χ1n) is 6.99. The average molecular weight is 278 g/mol. The van der Waals surface area contributed by atoms with Crippen molar-refractivity contribution in [3.8, 4) is 0 Å². The van der Waals surface area contributed by atoms with Gasteiger partial charge < -0.3 is 20.5 Å². The summed E-state index contributed by atoms with van der Waals surface area (Å²) in [6.45, 7) is 1.72. The number of anilines is 1. The highest BCUT2D eigenvalue weighted by molar-refractivity contribution is 5.75. The number of nitrogen functional groups attached to an aromatic ring is 1. The Labute approximate surface area is 118 Å². The van der Waals surface area contributed by atoms with E-state index in [1.807, 2.05) is 0 Å². The van der Waals surface area contributed by atoms with Crippen molar-refractivity contribution in [2.75, 3.05) is 25.9 Å². The van der Waals surface area contributed by atoms with Crippen molar-refractivity contribution in [3.05, 3.63) is 28.7 Å². The monoisotopic (exact) mass is 278 g/mol. The zero-order chi connectivity index (χ0) is 14.5. The summed E-state index contributed by atoms with van der Waals surface area (Å²) in [5.74, 6) is -0.156. The fourth-order valence-corrected chi connectivity index (χ4v) is 2.52. The van der Waals surface area contributed by atoms with E-state index in [1.165, 1.54) is 35.7 Å². The van der Waals surface area contributed by atoms with Crippen LogP contribution in [0.2, 0.25) is 0 Å². The van der Waals surface area contributed by atoms with E-state index in [0.717, 1.165) is 13.0 Å². The molecule has 0 spiro atoms. The van der Waals surface area contributed by atoms with Crippen LogP contribution in [0.4, 0.5) is 5.69 Å². The van der Waals surface area contributed by atoms with Gasteiger partial charge in [-0.2, -0.15) is 0 Å². The van der Waals surface area contributed by atoms with Crippen molar-refractivity contribution in [2.45, 2.75) is 31.8 Å². The van der Waals surface area contributed by atoms with Crippen LogP contribution in [0.3, 0.4) is 0 Å². The first-order valence-corrected chi connectivity index (χ1v) is 6.99. The number of carbonyl (C=O) groups excluding carboxylic acids is 1. The molecule has 110 valence electrons. The zero-order valence-electron chi connectivity index (χ0n) is 11.8. The van der Waals surface area contributed by atoms with E-state index in [9.17, 15) is 9.59 Å². The number of hydrogen-bond donors (Lipinski definition) is 2. The van der Waals surface area contributed by atoms with Gasteiger partial charge >= 0.3 is 0 Å². The number of likely N-dealkylation sites (tertiary alicyclic amines) is 1.